The zero-order valence-corrected chi connectivity index (χ0v) is 19.4. The van der Waals surface area contributed by atoms with Gasteiger partial charge in [-0.3, -0.25) is 9.79 Å². The predicted octanol–water partition coefficient (Wildman–Crippen LogP) is 3.71. The predicted molar refractivity (Wildman–Crippen MR) is 124 cm³/mol. The quantitative estimate of drug-likeness (QED) is 0.266. The number of carbonyl (C=O) groups excluding carboxylic acids is 1. The first-order chi connectivity index (χ1) is 13.6. The number of ether oxygens (including phenoxy) is 1. The molecule has 3 rings (SSSR count). The summed E-state index contributed by atoms with van der Waals surface area (Å²) < 4.78 is 18.5. The molecule has 1 aromatic heterocycles. The number of hydrogen-bond donors (Lipinski definition) is 2. The summed E-state index contributed by atoms with van der Waals surface area (Å²) in [5.74, 6) is 0.556. The van der Waals surface area contributed by atoms with Crippen LogP contribution in [0.15, 0.2) is 29.4 Å². The number of hydrogen-bond acceptors (Lipinski definition) is 3. The van der Waals surface area contributed by atoms with Gasteiger partial charge < -0.3 is 19.9 Å². The molecule has 0 radical (unpaired) electrons. The van der Waals surface area contributed by atoms with Gasteiger partial charge >= 0.3 is 5.97 Å². The smallest absolute Gasteiger partial charge is 0.309 e. The second kappa shape index (κ2) is 11.4. The van der Waals surface area contributed by atoms with Crippen molar-refractivity contribution in [2.45, 2.75) is 33.1 Å². The Morgan fingerprint density at radius 3 is 2.79 bits per heavy atom. The molecular formula is C21H30FIN4O2. The summed E-state index contributed by atoms with van der Waals surface area (Å²) in [4.78, 5) is 22.0. The Balaban J connectivity index is 0.00000300. The van der Waals surface area contributed by atoms with Crippen molar-refractivity contribution < 1.29 is 13.9 Å². The lowest BCUT2D eigenvalue weighted by molar-refractivity contribution is -0.149. The molecule has 1 fully saturated rings. The van der Waals surface area contributed by atoms with Crippen molar-refractivity contribution in [3.63, 3.8) is 0 Å². The van der Waals surface area contributed by atoms with Crippen molar-refractivity contribution in [3.05, 3.63) is 35.8 Å². The number of likely N-dealkylation sites (tertiary alicyclic amines) is 1. The molecule has 0 saturated carbocycles. The minimum absolute atomic E-state index is 0. The maximum Gasteiger partial charge on any atom is 0.309 e. The van der Waals surface area contributed by atoms with Crippen LogP contribution in [0, 0.1) is 11.7 Å². The molecule has 0 atom stereocenters. The van der Waals surface area contributed by atoms with E-state index in [1.54, 1.807) is 0 Å². The summed E-state index contributed by atoms with van der Waals surface area (Å²) in [6.45, 7) is 7.35. The molecule has 1 aromatic carbocycles. The molecule has 0 bridgehead atoms. The number of carbonyl (C=O) groups is 1. The first kappa shape index (κ1) is 23.4. The Labute approximate surface area is 188 Å². The molecule has 0 spiro atoms. The van der Waals surface area contributed by atoms with Crippen LogP contribution >= 0.6 is 24.0 Å². The fourth-order valence-corrected chi connectivity index (χ4v) is 3.66. The van der Waals surface area contributed by atoms with Crippen molar-refractivity contribution in [1.29, 1.82) is 0 Å². The van der Waals surface area contributed by atoms with Gasteiger partial charge in [0.1, 0.15) is 5.82 Å². The Hall–Kier alpha value is -1.84. The fourth-order valence-electron chi connectivity index (χ4n) is 3.66. The van der Waals surface area contributed by atoms with Crippen LogP contribution in [0.2, 0.25) is 0 Å². The van der Waals surface area contributed by atoms with E-state index in [4.69, 9.17) is 9.73 Å². The summed E-state index contributed by atoms with van der Waals surface area (Å²) in [6.07, 6.45) is 4.28. The lowest BCUT2D eigenvalue weighted by atomic mass is 9.97. The largest absolute Gasteiger partial charge is 0.466 e. The number of H-pyrrole nitrogens is 1. The highest BCUT2D eigenvalue weighted by Gasteiger charge is 2.27. The van der Waals surface area contributed by atoms with Crippen LogP contribution in [-0.4, -0.2) is 54.6 Å². The van der Waals surface area contributed by atoms with E-state index in [0.717, 1.165) is 61.3 Å². The van der Waals surface area contributed by atoms with E-state index >= 15 is 0 Å². The number of fused-ring (bicyclic) bond motifs is 1. The van der Waals surface area contributed by atoms with E-state index in [0.29, 0.717) is 13.2 Å². The van der Waals surface area contributed by atoms with Crippen molar-refractivity contribution in [2.24, 2.45) is 10.9 Å². The van der Waals surface area contributed by atoms with Gasteiger partial charge in [0.2, 0.25) is 0 Å². The number of nitrogens with zero attached hydrogens (tertiary/aromatic N) is 2. The average molecular weight is 516 g/mol. The standard InChI is InChI=1S/C21H29FN4O2.HI/c1-3-23-21(26-11-8-15(9-12-26)20(27)28-4-2)24-10-7-16-14-25-19-13-17(22)5-6-18(16)19;/h5-6,13-15,25H,3-4,7-12H2,1-2H3,(H,23,24);1H. The number of esters is 1. The lowest BCUT2D eigenvalue weighted by Gasteiger charge is -2.33. The number of rotatable bonds is 6. The number of aromatic nitrogens is 1. The molecule has 2 aromatic rings. The van der Waals surface area contributed by atoms with E-state index in [1.165, 1.54) is 12.1 Å². The number of aliphatic imine (C=N–C) groups is 1. The summed E-state index contributed by atoms with van der Waals surface area (Å²) >= 11 is 0. The minimum Gasteiger partial charge on any atom is -0.466 e. The van der Waals surface area contributed by atoms with Crippen LogP contribution in [0.1, 0.15) is 32.3 Å². The minimum atomic E-state index is -0.237. The summed E-state index contributed by atoms with van der Waals surface area (Å²) in [5.41, 5.74) is 1.95. The van der Waals surface area contributed by atoms with Gasteiger partial charge in [-0.15, -0.1) is 24.0 Å². The Morgan fingerprint density at radius 2 is 2.10 bits per heavy atom. The maximum atomic E-state index is 13.3. The highest BCUT2D eigenvalue weighted by Crippen LogP contribution is 2.21. The van der Waals surface area contributed by atoms with Crippen molar-refractivity contribution in [1.82, 2.24) is 15.2 Å². The van der Waals surface area contributed by atoms with Gasteiger partial charge in [0.15, 0.2) is 5.96 Å². The number of guanidine groups is 1. The van der Waals surface area contributed by atoms with Crippen molar-refractivity contribution in [2.75, 3.05) is 32.8 Å². The first-order valence-corrected chi connectivity index (χ1v) is 10.1. The lowest BCUT2D eigenvalue weighted by Crippen LogP contribution is -2.46. The molecule has 8 heteroatoms. The monoisotopic (exact) mass is 516 g/mol. The zero-order valence-electron chi connectivity index (χ0n) is 17.0. The fraction of sp³-hybridized carbons (Fsp3) is 0.524. The SMILES string of the molecule is CCNC(=NCCc1c[nH]c2cc(F)ccc12)N1CCC(C(=O)OCC)CC1.I. The third-order valence-corrected chi connectivity index (χ3v) is 5.12. The highest BCUT2D eigenvalue weighted by atomic mass is 127. The third kappa shape index (κ3) is 6.07. The molecule has 0 amide bonds. The molecule has 1 aliphatic heterocycles. The topological polar surface area (TPSA) is 69.7 Å². The maximum absolute atomic E-state index is 13.3. The second-order valence-electron chi connectivity index (χ2n) is 7.00. The van der Waals surface area contributed by atoms with Crippen LogP contribution in [0.4, 0.5) is 4.39 Å². The molecular weight excluding hydrogens is 486 g/mol. The number of halogens is 2. The normalized spacial score (nSPS) is 15.3. The van der Waals surface area contributed by atoms with Gasteiger partial charge in [0.25, 0.3) is 0 Å². The molecule has 6 nitrogen and oxygen atoms in total. The Kier molecular flexibility index (Phi) is 9.19. The number of benzene rings is 1. The summed E-state index contributed by atoms with van der Waals surface area (Å²) in [6, 6.07) is 4.81. The highest BCUT2D eigenvalue weighted by molar-refractivity contribution is 14.0. The van der Waals surface area contributed by atoms with E-state index in [-0.39, 0.29) is 41.7 Å². The van der Waals surface area contributed by atoms with Gasteiger partial charge in [-0.1, -0.05) is 0 Å². The Bertz CT molecular complexity index is 831. The number of aromatic amines is 1. The van der Waals surface area contributed by atoms with Crippen LogP contribution in [0.25, 0.3) is 10.9 Å². The van der Waals surface area contributed by atoms with E-state index in [9.17, 15) is 9.18 Å². The molecule has 160 valence electrons. The number of nitrogens with one attached hydrogen (secondary N) is 2. The molecule has 0 aliphatic carbocycles. The summed E-state index contributed by atoms with van der Waals surface area (Å²) in [7, 11) is 0. The van der Waals surface area contributed by atoms with E-state index in [2.05, 4.69) is 22.1 Å². The molecule has 1 aliphatic rings. The van der Waals surface area contributed by atoms with Crippen LogP contribution in [0.3, 0.4) is 0 Å². The van der Waals surface area contributed by atoms with Crippen molar-refractivity contribution in [3.8, 4) is 0 Å². The molecule has 2 N–H and O–H groups in total. The molecule has 0 unspecified atom stereocenters. The second-order valence-corrected chi connectivity index (χ2v) is 7.00. The molecule has 2 heterocycles. The van der Waals surface area contributed by atoms with E-state index < -0.39 is 0 Å². The van der Waals surface area contributed by atoms with Crippen molar-refractivity contribution >= 4 is 46.8 Å². The van der Waals surface area contributed by atoms with Gasteiger partial charge in [0.05, 0.1) is 12.5 Å². The average Bonchev–Trinajstić information content (AvgIpc) is 3.09. The summed E-state index contributed by atoms with van der Waals surface area (Å²) in [5, 5.41) is 4.39. The molecule has 29 heavy (non-hydrogen) atoms. The first-order valence-electron chi connectivity index (χ1n) is 10.1. The zero-order chi connectivity index (χ0) is 19.9. The van der Waals surface area contributed by atoms with Gasteiger partial charge in [-0.25, -0.2) is 4.39 Å². The number of piperidine rings is 1. The van der Waals surface area contributed by atoms with Crippen LogP contribution in [0.5, 0.6) is 0 Å². The Morgan fingerprint density at radius 1 is 1.34 bits per heavy atom. The van der Waals surface area contributed by atoms with Crippen LogP contribution < -0.4 is 5.32 Å². The van der Waals surface area contributed by atoms with Gasteiger partial charge in [0, 0.05) is 43.3 Å². The van der Waals surface area contributed by atoms with Crippen LogP contribution in [-0.2, 0) is 16.0 Å². The van der Waals surface area contributed by atoms with E-state index in [1.807, 2.05) is 19.2 Å². The third-order valence-electron chi connectivity index (χ3n) is 5.12. The van der Waals surface area contributed by atoms with Gasteiger partial charge in [-0.05, 0) is 56.9 Å². The van der Waals surface area contributed by atoms with Gasteiger partial charge in [-0.2, -0.15) is 0 Å². The molecule has 1 saturated heterocycles.